The van der Waals surface area contributed by atoms with E-state index in [0.717, 1.165) is 35.7 Å². The lowest BCUT2D eigenvalue weighted by Gasteiger charge is -2.53. The van der Waals surface area contributed by atoms with Crippen LogP contribution in [0.4, 0.5) is 5.69 Å². The molecule has 2 aromatic carbocycles. The molecule has 5 N–H and O–H groups in total. The lowest BCUT2D eigenvalue weighted by molar-refractivity contribution is -0.164. The van der Waals surface area contributed by atoms with E-state index in [-0.39, 0.29) is 34.8 Å². The summed E-state index contributed by atoms with van der Waals surface area (Å²) in [6, 6.07) is 8.81. The van der Waals surface area contributed by atoms with Crippen molar-refractivity contribution in [3.63, 3.8) is 0 Å². The van der Waals surface area contributed by atoms with E-state index in [0.29, 0.717) is 30.8 Å². The average Bonchev–Trinajstić information content (AvgIpc) is 2.82. The summed E-state index contributed by atoms with van der Waals surface area (Å²) in [7, 11) is 1.66. The molecular formula is C27H31NO7. The number of phenolic OH excluding ortho intramolecular Hbond substituents is 1. The molecule has 1 saturated carbocycles. The molecule has 2 aliphatic rings. The first-order valence-electron chi connectivity index (χ1n) is 11.9. The Hall–Kier alpha value is -3.07. The fourth-order valence-corrected chi connectivity index (χ4v) is 5.69. The number of hydrogen-bond acceptors (Lipinski definition) is 8. The van der Waals surface area contributed by atoms with E-state index in [1.54, 1.807) is 13.2 Å². The number of aromatic hydroxyl groups is 1. The number of nitrogen functional groups attached to an aromatic ring is 1. The van der Waals surface area contributed by atoms with Crippen molar-refractivity contribution in [3.05, 3.63) is 63.0 Å². The van der Waals surface area contributed by atoms with Crippen LogP contribution >= 0.6 is 0 Å². The van der Waals surface area contributed by atoms with Crippen molar-refractivity contribution in [2.24, 2.45) is 0 Å². The monoisotopic (exact) mass is 481 g/mol. The molecule has 186 valence electrons. The quantitative estimate of drug-likeness (QED) is 0.408. The molecule has 3 aromatic rings. The Kier molecular flexibility index (Phi) is 5.78. The Morgan fingerprint density at radius 2 is 2.06 bits per heavy atom. The fraction of sp³-hybridized carbons (Fsp3) is 0.444. The summed E-state index contributed by atoms with van der Waals surface area (Å²) >= 11 is 0. The van der Waals surface area contributed by atoms with E-state index in [1.807, 2.05) is 19.1 Å². The zero-order chi connectivity index (χ0) is 25.0. The summed E-state index contributed by atoms with van der Waals surface area (Å²) in [5.41, 5.74) is 7.03. The topological polar surface area (TPSA) is 135 Å². The van der Waals surface area contributed by atoms with Gasteiger partial charge in [0.25, 0.3) is 0 Å². The highest BCUT2D eigenvalue weighted by Crippen LogP contribution is 2.54. The Labute approximate surface area is 202 Å². The van der Waals surface area contributed by atoms with Crippen molar-refractivity contribution < 1.29 is 29.2 Å². The zero-order valence-corrected chi connectivity index (χ0v) is 20.0. The van der Waals surface area contributed by atoms with Crippen molar-refractivity contribution >= 4 is 16.7 Å². The van der Waals surface area contributed by atoms with Gasteiger partial charge in [-0.1, -0.05) is 12.1 Å². The summed E-state index contributed by atoms with van der Waals surface area (Å²) < 4.78 is 17.2. The van der Waals surface area contributed by atoms with E-state index in [9.17, 15) is 20.1 Å². The maximum Gasteiger partial charge on any atom is 0.196 e. The van der Waals surface area contributed by atoms with Gasteiger partial charge in [0.05, 0.1) is 6.61 Å². The molecule has 1 aromatic heterocycles. The van der Waals surface area contributed by atoms with Crippen molar-refractivity contribution in [2.75, 3.05) is 19.5 Å². The minimum absolute atomic E-state index is 0.0240. The molecule has 0 amide bonds. The Balaban J connectivity index is 1.52. The summed E-state index contributed by atoms with van der Waals surface area (Å²) in [5, 5.41) is 32.1. The number of methoxy groups -OCH3 is 1. The zero-order valence-electron chi connectivity index (χ0n) is 20.0. The molecule has 2 heterocycles. The lowest BCUT2D eigenvalue weighted by Crippen LogP contribution is -2.62. The van der Waals surface area contributed by atoms with Crippen LogP contribution in [0.1, 0.15) is 54.6 Å². The van der Waals surface area contributed by atoms with E-state index >= 15 is 0 Å². The van der Waals surface area contributed by atoms with Crippen LogP contribution in [-0.4, -0.2) is 40.2 Å². The highest BCUT2D eigenvalue weighted by Gasteiger charge is 2.56. The number of fused-ring (bicyclic) bond motifs is 3. The second-order valence-corrected chi connectivity index (χ2v) is 9.99. The molecule has 8 nitrogen and oxygen atoms in total. The Morgan fingerprint density at radius 1 is 1.26 bits per heavy atom. The number of aliphatic hydroxyl groups excluding tert-OH is 1. The third-order valence-electron chi connectivity index (χ3n) is 7.81. The van der Waals surface area contributed by atoms with Crippen molar-refractivity contribution in [1.29, 1.82) is 0 Å². The van der Waals surface area contributed by atoms with Crippen LogP contribution in [0.25, 0.3) is 11.0 Å². The number of aliphatic hydroxyl groups is 2. The molecule has 8 heteroatoms. The van der Waals surface area contributed by atoms with Crippen LogP contribution in [0, 0.1) is 0 Å². The molecule has 1 aliphatic heterocycles. The van der Waals surface area contributed by atoms with E-state index < -0.39 is 23.2 Å². The minimum Gasteiger partial charge on any atom is -0.507 e. The molecular weight excluding hydrogens is 450 g/mol. The van der Waals surface area contributed by atoms with Crippen molar-refractivity contribution in [2.45, 2.75) is 62.8 Å². The smallest absolute Gasteiger partial charge is 0.196 e. The van der Waals surface area contributed by atoms with Gasteiger partial charge >= 0.3 is 0 Å². The first-order valence-corrected chi connectivity index (χ1v) is 11.9. The maximum absolute atomic E-state index is 12.6. The average molecular weight is 482 g/mol. The van der Waals surface area contributed by atoms with Gasteiger partial charge in [0.2, 0.25) is 0 Å². The summed E-state index contributed by atoms with van der Waals surface area (Å²) in [4.78, 5) is 12.6. The molecule has 35 heavy (non-hydrogen) atoms. The van der Waals surface area contributed by atoms with Crippen LogP contribution in [0.5, 0.6) is 11.5 Å². The predicted octanol–water partition coefficient (Wildman–Crippen LogP) is 3.15. The van der Waals surface area contributed by atoms with Crippen LogP contribution in [0.3, 0.4) is 0 Å². The van der Waals surface area contributed by atoms with Crippen LogP contribution in [-0.2, 0) is 24.2 Å². The molecule has 0 bridgehead atoms. The number of rotatable bonds is 5. The Bertz CT molecular complexity index is 1350. The number of nitrogens with two attached hydrogens (primary N) is 1. The second-order valence-electron chi connectivity index (χ2n) is 9.99. The standard InChI is InChI=1S/C27H31NO7/c1-26-12-17(15-3-4-20(28)16(9-15)6-8-33-2)5-7-27(26,32)13-19-22(35-26)11-23-24(25(19)31)21(30)10-18(14-29)34-23/h3-4,9-11,17,29,31-32H,5-8,12-14,28H2,1-2H3. The van der Waals surface area contributed by atoms with Gasteiger partial charge in [-0.05, 0) is 55.7 Å². The lowest BCUT2D eigenvalue weighted by atomic mass is 9.63. The first-order chi connectivity index (χ1) is 16.7. The summed E-state index contributed by atoms with van der Waals surface area (Å²) in [6.45, 7) is 2.05. The summed E-state index contributed by atoms with van der Waals surface area (Å²) in [6.07, 6.45) is 2.67. The van der Waals surface area contributed by atoms with Gasteiger partial charge in [-0.3, -0.25) is 4.79 Å². The minimum atomic E-state index is -1.21. The van der Waals surface area contributed by atoms with Gasteiger partial charge in [-0.2, -0.15) is 0 Å². The second kappa shape index (κ2) is 8.55. The van der Waals surface area contributed by atoms with Crippen molar-refractivity contribution in [1.82, 2.24) is 0 Å². The van der Waals surface area contributed by atoms with Gasteiger partial charge in [-0.25, -0.2) is 0 Å². The Morgan fingerprint density at radius 3 is 2.80 bits per heavy atom. The van der Waals surface area contributed by atoms with E-state index in [2.05, 4.69) is 6.07 Å². The third kappa shape index (κ3) is 3.86. The van der Waals surface area contributed by atoms with Gasteiger partial charge in [0.1, 0.15) is 46.0 Å². The van der Waals surface area contributed by atoms with E-state index in [4.69, 9.17) is 19.6 Å². The molecule has 3 unspecified atom stereocenters. The molecule has 1 aliphatic carbocycles. The van der Waals surface area contributed by atoms with Crippen molar-refractivity contribution in [3.8, 4) is 11.5 Å². The van der Waals surface area contributed by atoms with Gasteiger partial charge in [0, 0.05) is 36.9 Å². The molecule has 3 atom stereocenters. The molecule has 0 saturated heterocycles. The van der Waals surface area contributed by atoms with Gasteiger partial charge < -0.3 is 34.9 Å². The highest BCUT2D eigenvalue weighted by atomic mass is 16.5. The molecule has 1 fully saturated rings. The van der Waals surface area contributed by atoms with E-state index in [1.165, 1.54) is 0 Å². The maximum atomic E-state index is 12.6. The number of phenols is 1. The predicted molar refractivity (Wildman–Crippen MR) is 131 cm³/mol. The van der Waals surface area contributed by atoms with Crippen LogP contribution in [0.15, 0.2) is 39.5 Å². The largest absolute Gasteiger partial charge is 0.507 e. The number of hydrogen-bond donors (Lipinski definition) is 4. The summed E-state index contributed by atoms with van der Waals surface area (Å²) in [5.74, 6) is 0.385. The number of anilines is 1. The molecule has 0 radical (unpaired) electrons. The third-order valence-corrected chi connectivity index (χ3v) is 7.81. The normalized spacial score (nSPS) is 25.7. The fourth-order valence-electron chi connectivity index (χ4n) is 5.69. The first kappa shape index (κ1) is 23.7. The molecule has 5 rings (SSSR count). The van der Waals surface area contributed by atoms with Crippen LogP contribution < -0.4 is 15.9 Å². The van der Waals surface area contributed by atoms with Gasteiger partial charge in [0.15, 0.2) is 5.43 Å². The van der Waals surface area contributed by atoms with Crippen LogP contribution in [0.2, 0.25) is 0 Å². The molecule has 0 spiro atoms. The number of benzene rings is 2. The van der Waals surface area contributed by atoms with Gasteiger partial charge in [-0.15, -0.1) is 0 Å². The highest BCUT2D eigenvalue weighted by molar-refractivity contribution is 5.87. The number of ether oxygens (including phenoxy) is 2. The SMILES string of the molecule is COCCc1cc(C2CCC3(O)Cc4c(cc5oc(CO)cc(=O)c5c4O)OC3(C)C2)ccc1N.